The second-order valence-electron chi connectivity index (χ2n) is 8.12. The highest BCUT2D eigenvalue weighted by molar-refractivity contribution is 6.42. The second-order valence-corrected chi connectivity index (χ2v) is 8.93. The number of carbonyl (C=O) groups excluding carboxylic acids is 2. The van der Waals surface area contributed by atoms with Gasteiger partial charge in [-0.05, 0) is 42.7 Å². The molecule has 0 fully saturated rings. The maximum absolute atomic E-state index is 13.5. The zero-order valence-electron chi connectivity index (χ0n) is 17.4. The van der Waals surface area contributed by atoms with E-state index >= 15 is 0 Å². The van der Waals surface area contributed by atoms with Crippen molar-refractivity contribution in [2.24, 2.45) is 0 Å². The van der Waals surface area contributed by atoms with Crippen molar-refractivity contribution in [3.05, 3.63) is 92.2 Å². The van der Waals surface area contributed by atoms with Crippen LogP contribution in [0.4, 0.5) is 0 Å². The topological polar surface area (TPSA) is 55.2 Å². The lowest BCUT2D eigenvalue weighted by atomic mass is 9.96. The summed E-state index contributed by atoms with van der Waals surface area (Å²) in [6, 6.07) is 14.8. The number of aryl methyl sites for hydroxylation is 1. The van der Waals surface area contributed by atoms with Crippen LogP contribution in [0.5, 0.6) is 0 Å². The lowest BCUT2D eigenvalue weighted by Crippen LogP contribution is -2.36. The Balaban J connectivity index is 1.47. The maximum atomic E-state index is 13.5. The monoisotopic (exact) mass is 465 g/mol. The number of ketones is 1. The van der Waals surface area contributed by atoms with Gasteiger partial charge in [0.2, 0.25) is 5.78 Å². The number of benzene rings is 2. The fourth-order valence-corrected chi connectivity index (χ4v) is 4.70. The number of hydrogen-bond acceptors (Lipinski definition) is 3. The van der Waals surface area contributed by atoms with Gasteiger partial charge in [-0.15, -0.1) is 0 Å². The number of rotatable bonds is 2. The van der Waals surface area contributed by atoms with Crippen LogP contribution in [0.3, 0.4) is 0 Å². The van der Waals surface area contributed by atoms with E-state index in [0.717, 1.165) is 28.8 Å². The Bertz CT molecular complexity index is 1250. The van der Waals surface area contributed by atoms with E-state index in [0.29, 0.717) is 53.8 Å². The number of amides is 1. The summed E-state index contributed by atoms with van der Waals surface area (Å²) in [5.41, 5.74) is 4.66. The Morgan fingerprint density at radius 2 is 1.81 bits per heavy atom. The van der Waals surface area contributed by atoms with Gasteiger partial charge in [-0.1, -0.05) is 53.5 Å². The van der Waals surface area contributed by atoms with Gasteiger partial charge in [0.1, 0.15) is 5.69 Å². The highest BCUT2D eigenvalue weighted by atomic mass is 35.5. The molecule has 0 saturated heterocycles. The highest BCUT2D eigenvalue weighted by Crippen LogP contribution is 2.30. The van der Waals surface area contributed by atoms with Crippen molar-refractivity contribution < 1.29 is 9.59 Å². The minimum absolute atomic E-state index is 0.00365. The van der Waals surface area contributed by atoms with Crippen LogP contribution in [-0.4, -0.2) is 32.9 Å². The smallest absolute Gasteiger partial charge is 0.254 e. The first-order chi connectivity index (χ1) is 15.5. The Labute approximate surface area is 196 Å². The zero-order chi connectivity index (χ0) is 22.2. The van der Waals surface area contributed by atoms with Gasteiger partial charge in [-0.2, -0.15) is 5.10 Å². The molecule has 0 N–H and O–H groups in total. The fraction of sp³-hybridized carbons (Fsp3) is 0.240. The van der Waals surface area contributed by atoms with E-state index < -0.39 is 0 Å². The van der Waals surface area contributed by atoms with Crippen LogP contribution in [0, 0.1) is 0 Å². The van der Waals surface area contributed by atoms with E-state index in [9.17, 15) is 9.59 Å². The molecule has 2 aliphatic heterocycles. The molecule has 2 aliphatic rings. The van der Waals surface area contributed by atoms with Gasteiger partial charge in [0, 0.05) is 36.2 Å². The van der Waals surface area contributed by atoms with Crippen LogP contribution < -0.4 is 0 Å². The molecule has 5 nitrogen and oxygen atoms in total. The molecule has 5 rings (SSSR count). The summed E-state index contributed by atoms with van der Waals surface area (Å²) in [5, 5.41) is 5.49. The van der Waals surface area contributed by atoms with Gasteiger partial charge in [0.25, 0.3) is 5.91 Å². The Morgan fingerprint density at radius 1 is 1.00 bits per heavy atom. The Hall–Kier alpha value is -2.89. The molecule has 1 amide bonds. The SMILES string of the molecule is O=C1/C(=C/c2ccccc2)CCCn2nc3c(c21)CN(C(=O)c1ccc(Cl)c(Cl)c1)CC3. The largest absolute Gasteiger partial charge is 0.334 e. The number of halogens is 2. The molecule has 3 heterocycles. The predicted molar refractivity (Wildman–Crippen MR) is 125 cm³/mol. The van der Waals surface area contributed by atoms with Gasteiger partial charge >= 0.3 is 0 Å². The number of aromatic nitrogens is 2. The van der Waals surface area contributed by atoms with Gasteiger partial charge in [0.05, 0.1) is 22.3 Å². The van der Waals surface area contributed by atoms with Crippen LogP contribution in [0.15, 0.2) is 54.1 Å². The number of allylic oxidation sites excluding steroid dienone is 1. The summed E-state index contributed by atoms with van der Waals surface area (Å²) in [5.74, 6) is -0.126. The van der Waals surface area contributed by atoms with Gasteiger partial charge in [0.15, 0.2) is 0 Å². The average Bonchev–Trinajstić information content (AvgIpc) is 3.10. The fourth-order valence-electron chi connectivity index (χ4n) is 4.40. The maximum Gasteiger partial charge on any atom is 0.254 e. The minimum atomic E-state index is -0.129. The van der Waals surface area contributed by atoms with Crippen LogP contribution in [0.2, 0.25) is 10.0 Å². The summed E-state index contributed by atoms with van der Waals surface area (Å²) in [6.45, 7) is 1.60. The number of Topliss-reactive ketones (excluding diaryl/α,β-unsaturated/α-hetero) is 1. The van der Waals surface area contributed by atoms with Crippen LogP contribution in [0.1, 0.15) is 50.5 Å². The van der Waals surface area contributed by atoms with Gasteiger partial charge in [-0.25, -0.2) is 0 Å². The van der Waals surface area contributed by atoms with Crippen LogP contribution in [0.25, 0.3) is 6.08 Å². The summed E-state index contributed by atoms with van der Waals surface area (Å²) >= 11 is 12.1. The Kier molecular flexibility index (Phi) is 5.62. The molecule has 0 spiro atoms. The molecular formula is C25H21Cl2N3O2. The van der Waals surface area contributed by atoms with Crippen molar-refractivity contribution in [1.29, 1.82) is 0 Å². The molecule has 0 saturated carbocycles. The summed E-state index contributed by atoms with van der Waals surface area (Å²) in [4.78, 5) is 28.4. The quantitative estimate of drug-likeness (QED) is 0.472. The van der Waals surface area contributed by atoms with E-state index in [4.69, 9.17) is 28.3 Å². The lowest BCUT2D eigenvalue weighted by Gasteiger charge is -2.27. The molecule has 1 aromatic heterocycles. The molecule has 32 heavy (non-hydrogen) atoms. The first kappa shape index (κ1) is 21.0. The summed E-state index contributed by atoms with van der Waals surface area (Å²) in [7, 11) is 0. The zero-order valence-corrected chi connectivity index (χ0v) is 18.9. The second kappa shape index (κ2) is 8.57. The first-order valence-electron chi connectivity index (χ1n) is 10.6. The molecule has 3 aromatic rings. The van der Waals surface area contributed by atoms with Crippen molar-refractivity contribution in [1.82, 2.24) is 14.7 Å². The molecule has 0 bridgehead atoms. The van der Waals surface area contributed by atoms with E-state index in [1.54, 1.807) is 23.1 Å². The number of nitrogens with zero attached hydrogens (tertiary/aromatic N) is 3. The number of fused-ring (bicyclic) bond motifs is 3. The molecule has 0 aliphatic carbocycles. The molecule has 0 unspecified atom stereocenters. The molecule has 2 aromatic carbocycles. The van der Waals surface area contributed by atoms with Crippen molar-refractivity contribution in [3.8, 4) is 0 Å². The van der Waals surface area contributed by atoms with E-state index in [1.807, 2.05) is 41.1 Å². The van der Waals surface area contributed by atoms with E-state index in [-0.39, 0.29) is 11.7 Å². The van der Waals surface area contributed by atoms with Gasteiger partial charge < -0.3 is 4.90 Å². The Morgan fingerprint density at radius 3 is 2.59 bits per heavy atom. The van der Waals surface area contributed by atoms with Crippen molar-refractivity contribution in [2.75, 3.05) is 6.54 Å². The average molecular weight is 466 g/mol. The van der Waals surface area contributed by atoms with Crippen LogP contribution in [-0.2, 0) is 19.5 Å². The number of carbonyl (C=O) groups is 2. The molecule has 7 heteroatoms. The first-order valence-corrected chi connectivity index (χ1v) is 11.4. The van der Waals surface area contributed by atoms with Crippen molar-refractivity contribution >= 4 is 41.0 Å². The van der Waals surface area contributed by atoms with Crippen LogP contribution >= 0.6 is 23.2 Å². The third-order valence-corrected chi connectivity index (χ3v) is 6.76. The van der Waals surface area contributed by atoms with Crippen molar-refractivity contribution in [2.45, 2.75) is 32.4 Å². The third kappa shape index (κ3) is 3.87. The summed E-state index contributed by atoms with van der Waals surface area (Å²) in [6.07, 6.45) is 4.15. The molecule has 0 atom stereocenters. The molecular weight excluding hydrogens is 445 g/mol. The van der Waals surface area contributed by atoms with Crippen molar-refractivity contribution in [3.63, 3.8) is 0 Å². The van der Waals surface area contributed by atoms with E-state index in [2.05, 4.69) is 0 Å². The lowest BCUT2D eigenvalue weighted by molar-refractivity contribution is 0.0732. The predicted octanol–water partition coefficient (Wildman–Crippen LogP) is 5.45. The standard InChI is InChI=1S/C25H21Cl2N3O2/c26-20-9-8-18(14-21(20)27)25(32)29-12-10-22-19(15-29)23-24(31)17(7-4-11-30(23)28-22)13-16-5-2-1-3-6-16/h1-3,5-6,8-9,13-14H,4,7,10-12,15H2/b17-13+. The highest BCUT2D eigenvalue weighted by Gasteiger charge is 2.32. The molecule has 0 radical (unpaired) electrons. The normalized spacial score (nSPS) is 17.1. The summed E-state index contributed by atoms with van der Waals surface area (Å²) < 4.78 is 1.84. The molecule has 162 valence electrons. The van der Waals surface area contributed by atoms with E-state index in [1.165, 1.54) is 0 Å². The van der Waals surface area contributed by atoms with Gasteiger partial charge in [-0.3, -0.25) is 14.3 Å². The third-order valence-electron chi connectivity index (χ3n) is 6.02. The number of hydrogen-bond donors (Lipinski definition) is 0. The minimum Gasteiger partial charge on any atom is -0.334 e.